The van der Waals surface area contributed by atoms with E-state index in [9.17, 15) is 14.7 Å². The van der Waals surface area contributed by atoms with Crippen LogP contribution in [0.4, 0.5) is 4.79 Å². The van der Waals surface area contributed by atoms with Crippen LogP contribution in [0.25, 0.3) is 0 Å². The molecule has 0 atom stereocenters. The maximum atomic E-state index is 11.3. The van der Waals surface area contributed by atoms with Crippen molar-refractivity contribution in [2.75, 3.05) is 0 Å². The number of nitrogens with one attached hydrogen (secondary N) is 1. The van der Waals surface area contributed by atoms with E-state index in [1.807, 2.05) is 27.9 Å². The highest BCUT2D eigenvalue weighted by Crippen LogP contribution is 2.19. The molecule has 0 aromatic heterocycles. The van der Waals surface area contributed by atoms with Gasteiger partial charge in [0.15, 0.2) is 0 Å². The molecule has 74 valence electrons. The van der Waals surface area contributed by atoms with Crippen molar-refractivity contribution in [2.24, 2.45) is 5.73 Å². The third kappa shape index (κ3) is 2.59. The molecule has 0 spiro atoms. The van der Waals surface area contributed by atoms with Crippen molar-refractivity contribution in [1.82, 2.24) is 5.32 Å². The number of benzene rings is 1. The monoisotopic (exact) mass is 306 g/mol. The van der Waals surface area contributed by atoms with Crippen LogP contribution in [0, 0.1) is 3.57 Å². The first-order valence-electron chi connectivity index (χ1n) is 3.60. The number of imide groups is 1. The standard InChI is InChI=1S/C8H7IN2O3/c9-4-1-2-6(12)5(3-4)7(13)11-8(10)14/h1-3,12H,(H3,10,11,13,14). The summed E-state index contributed by atoms with van der Waals surface area (Å²) in [6, 6.07) is 3.51. The van der Waals surface area contributed by atoms with E-state index >= 15 is 0 Å². The van der Waals surface area contributed by atoms with Gasteiger partial charge in [-0.25, -0.2) is 4.79 Å². The van der Waals surface area contributed by atoms with Crippen LogP contribution in [-0.2, 0) is 0 Å². The smallest absolute Gasteiger partial charge is 0.319 e. The Morgan fingerprint density at radius 3 is 2.64 bits per heavy atom. The molecule has 14 heavy (non-hydrogen) atoms. The van der Waals surface area contributed by atoms with Crippen LogP contribution in [0.5, 0.6) is 5.75 Å². The van der Waals surface area contributed by atoms with Crippen molar-refractivity contribution in [3.05, 3.63) is 27.3 Å². The zero-order valence-corrected chi connectivity index (χ0v) is 9.11. The molecule has 0 bridgehead atoms. The van der Waals surface area contributed by atoms with E-state index in [-0.39, 0.29) is 11.3 Å². The summed E-state index contributed by atoms with van der Waals surface area (Å²) in [7, 11) is 0. The van der Waals surface area contributed by atoms with Crippen molar-refractivity contribution in [3.63, 3.8) is 0 Å². The topological polar surface area (TPSA) is 92.4 Å². The van der Waals surface area contributed by atoms with E-state index < -0.39 is 11.9 Å². The molecule has 4 N–H and O–H groups in total. The number of carbonyl (C=O) groups is 2. The fraction of sp³-hybridized carbons (Fsp3) is 0. The second-order valence-electron chi connectivity index (χ2n) is 2.48. The number of hydrogen-bond acceptors (Lipinski definition) is 3. The summed E-state index contributed by atoms with van der Waals surface area (Å²) in [5.41, 5.74) is 4.79. The summed E-state index contributed by atoms with van der Waals surface area (Å²) in [6.45, 7) is 0. The van der Waals surface area contributed by atoms with E-state index in [2.05, 4.69) is 0 Å². The van der Waals surface area contributed by atoms with Crippen LogP contribution in [-0.4, -0.2) is 17.0 Å². The van der Waals surface area contributed by atoms with Crippen LogP contribution >= 0.6 is 22.6 Å². The van der Waals surface area contributed by atoms with E-state index in [1.54, 1.807) is 6.07 Å². The van der Waals surface area contributed by atoms with Gasteiger partial charge in [0.25, 0.3) is 5.91 Å². The lowest BCUT2D eigenvalue weighted by Crippen LogP contribution is -2.35. The van der Waals surface area contributed by atoms with Gasteiger partial charge in [0.2, 0.25) is 0 Å². The average molecular weight is 306 g/mol. The van der Waals surface area contributed by atoms with Crippen molar-refractivity contribution in [3.8, 4) is 5.75 Å². The molecule has 1 aromatic carbocycles. The molecule has 6 heteroatoms. The summed E-state index contributed by atoms with van der Waals surface area (Å²) >= 11 is 1.98. The molecule has 3 amide bonds. The number of phenols is 1. The second-order valence-corrected chi connectivity index (χ2v) is 3.73. The molecule has 0 saturated heterocycles. The summed E-state index contributed by atoms with van der Waals surface area (Å²) in [4.78, 5) is 21.6. The zero-order valence-electron chi connectivity index (χ0n) is 6.95. The molecular formula is C8H7IN2O3. The second kappa shape index (κ2) is 4.27. The Balaban J connectivity index is 3.00. The lowest BCUT2D eigenvalue weighted by atomic mass is 10.2. The minimum absolute atomic E-state index is 0.0238. The van der Waals surface area contributed by atoms with Gasteiger partial charge in [0.1, 0.15) is 5.75 Å². The van der Waals surface area contributed by atoms with Crippen molar-refractivity contribution in [1.29, 1.82) is 0 Å². The number of primary amides is 1. The van der Waals surface area contributed by atoms with Crippen LogP contribution in [0.15, 0.2) is 18.2 Å². The SMILES string of the molecule is NC(=O)NC(=O)c1cc(I)ccc1O. The van der Waals surface area contributed by atoms with Gasteiger partial charge in [-0.2, -0.15) is 0 Å². The first kappa shape index (κ1) is 10.8. The van der Waals surface area contributed by atoms with Crippen LogP contribution in [0.2, 0.25) is 0 Å². The zero-order chi connectivity index (χ0) is 10.7. The molecule has 0 unspecified atom stereocenters. The fourth-order valence-corrected chi connectivity index (χ4v) is 1.36. The Labute approximate surface area is 93.4 Å². The largest absolute Gasteiger partial charge is 0.507 e. The molecular weight excluding hydrogens is 299 g/mol. The maximum absolute atomic E-state index is 11.3. The number of phenolic OH excluding ortho intramolecular Hbond substituents is 1. The van der Waals surface area contributed by atoms with Gasteiger partial charge in [-0.15, -0.1) is 0 Å². The van der Waals surface area contributed by atoms with Gasteiger partial charge in [-0.05, 0) is 40.8 Å². The van der Waals surface area contributed by atoms with E-state index in [4.69, 9.17) is 5.73 Å². The van der Waals surface area contributed by atoms with E-state index in [0.717, 1.165) is 3.57 Å². The van der Waals surface area contributed by atoms with Gasteiger partial charge in [0.05, 0.1) is 5.56 Å². The number of hydrogen-bond donors (Lipinski definition) is 3. The molecule has 0 heterocycles. The lowest BCUT2D eigenvalue weighted by Gasteiger charge is -2.03. The van der Waals surface area contributed by atoms with Gasteiger partial charge in [0, 0.05) is 3.57 Å². The first-order chi connectivity index (χ1) is 6.50. The van der Waals surface area contributed by atoms with Crippen LogP contribution < -0.4 is 11.1 Å². The number of carbonyl (C=O) groups excluding carboxylic acids is 2. The van der Waals surface area contributed by atoms with Gasteiger partial charge >= 0.3 is 6.03 Å². The molecule has 0 radical (unpaired) electrons. The maximum Gasteiger partial charge on any atom is 0.319 e. The van der Waals surface area contributed by atoms with Crippen molar-refractivity contribution >= 4 is 34.5 Å². The highest BCUT2D eigenvalue weighted by molar-refractivity contribution is 14.1. The minimum Gasteiger partial charge on any atom is -0.507 e. The Morgan fingerprint density at radius 1 is 1.43 bits per heavy atom. The molecule has 0 fully saturated rings. The number of nitrogens with two attached hydrogens (primary N) is 1. The summed E-state index contributed by atoms with van der Waals surface area (Å²) in [5.74, 6) is -0.905. The molecule has 0 saturated carbocycles. The van der Waals surface area contributed by atoms with E-state index in [1.165, 1.54) is 12.1 Å². The normalized spacial score (nSPS) is 9.50. The van der Waals surface area contributed by atoms with E-state index in [0.29, 0.717) is 0 Å². The van der Waals surface area contributed by atoms with Crippen LogP contribution in [0.3, 0.4) is 0 Å². The predicted molar refractivity (Wildman–Crippen MR) is 57.9 cm³/mol. The number of amides is 3. The molecule has 1 rings (SSSR count). The van der Waals surface area contributed by atoms with Crippen LogP contribution in [0.1, 0.15) is 10.4 Å². The summed E-state index contributed by atoms with van der Waals surface area (Å²) < 4.78 is 0.773. The van der Waals surface area contributed by atoms with Gasteiger partial charge in [-0.3, -0.25) is 10.1 Å². The van der Waals surface area contributed by atoms with Crippen molar-refractivity contribution < 1.29 is 14.7 Å². The minimum atomic E-state index is -0.951. The molecule has 0 aliphatic carbocycles. The highest BCUT2D eigenvalue weighted by atomic mass is 127. The number of rotatable bonds is 1. The average Bonchev–Trinajstić information content (AvgIpc) is 2.08. The number of aromatic hydroxyl groups is 1. The fourth-order valence-electron chi connectivity index (χ4n) is 0.869. The molecule has 0 aliphatic heterocycles. The lowest BCUT2D eigenvalue weighted by molar-refractivity contribution is 0.0963. The first-order valence-corrected chi connectivity index (χ1v) is 4.68. The third-order valence-corrected chi connectivity index (χ3v) is 2.11. The Kier molecular flexibility index (Phi) is 3.28. The Morgan fingerprint density at radius 2 is 2.07 bits per heavy atom. The summed E-state index contributed by atoms with van der Waals surface area (Å²) in [5, 5.41) is 11.2. The Bertz CT molecular complexity index is 392. The highest BCUT2D eigenvalue weighted by Gasteiger charge is 2.12. The Hall–Kier alpha value is -1.31. The van der Waals surface area contributed by atoms with Crippen molar-refractivity contribution in [2.45, 2.75) is 0 Å². The van der Waals surface area contributed by atoms with Gasteiger partial charge < -0.3 is 10.8 Å². The predicted octanol–water partition coefficient (Wildman–Crippen LogP) is 0.805. The number of halogens is 1. The quantitative estimate of drug-likeness (QED) is 0.670. The number of urea groups is 1. The third-order valence-electron chi connectivity index (χ3n) is 1.44. The summed E-state index contributed by atoms with van der Waals surface area (Å²) in [6.07, 6.45) is 0. The molecule has 5 nitrogen and oxygen atoms in total. The molecule has 1 aromatic rings. The van der Waals surface area contributed by atoms with Gasteiger partial charge in [-0.1, -0.05) is 0 Å². The molecule has 0 aliphatic rings.